The summed E-state index contributed by atoms with van der Waals surface area (Å²) >= 11 is 5.52. The van der Waals surface area contributed by atoms with Gasteiger partial charge in [-0.2, -0.15) is 0 Å². The Morgan fingerprint density at radius 1 is 0.955 bits per heavy atom. The molecule has 3 heterocycles. The monoisotopic (exact) mass is 693 g/mol. The lowest BCUT2D eigenvalue weighted by Gasteiger charge is -2.30. The maximum absolute atomic E-state index is 14.1. The summed E-state index contributed by atoms with van der Waals surface area (Å²) in [5, 5.41) is 11.9. The fraction of sp³-hybridized carbons (Fsp3) is 0.194. The van der Waals surface area contributed by atoms with Crippen LogP contribution in [0.5, 0.6) is 5.75 Å². The van der Waals surface area contributed by atoms with Crippen molar-refractivity contribution in [1.82, 2.24) is 4.57 Å². The van der Waals surface area contributed by atoms with E-state index in [9.17, 15) is 29.1 Å². The molecule has 0 bridgehead atoms. The fourth-order valence-electron chi connectivity index (χ4n) is 5.39. The van der Waals surface area contributed by atoms with Gasteiger partial charge in [0, 0.05) is 21.0 Å². The Morgan fingerprint density at radius 3 is 2.30 bits per heavy atom. The number of thioether (sulfide) groups is 1. The molecule has 224 valence electrons. The second kappa shape index (κ2) is 12.1. The van der Waals surface area contributed by atoms with Crippen molar-refractivity contribution in [2.75, 3.05) is 16.8 Å². The predicted octanol–water partition coefficient (Wildman–Crippen LogP) is 4.99. The number of carbonyl (C=O) groups is 4. The van der Waals surface area contributed by atoms with E-state index in [-0.39, 0.29) is 23.8 Å². The second-order valence-corrected chi connectivity index (χ2v) is 13.1. The number of hydrogen-bond acceptors (Lipinski definition) is 9. The number of halogens is 1. The summed E-state index contributed by atoms with van der Waals surface area (Å²) in [4.78, 5) is 67.8. The van der Waals surface area contributed by atoms with Crippen LogP contribution in [0.3, 0.4) is 0 Å². The van der Waals surface area contributed by atoms with E-state index in [4.69, 9.17) is 4.74 Å². The number of phenols is 1. The Hall–Kier alpha value is -4.20. The van der Waals surface area contributed by atoms with Crippen molar-refractivity contribution in [3.63, 3.8) is 0 Å². The third-order valence-electron chi connectivity index (χ3n) is 7.37. The first-order valence-corrected chi connectivity index (χ1v) is 16.0. The molecule has 2 N–H and O–H groups in total. The Kier molecular flexibility index (Phi) is 8.18. The quantitative estimate of drug-likeness (QED) is 0.157. The topological polar surface area (TPSA) is 135 Å². The van der Waals surface area contributed by atoms with E-state index in [2.05, 4.69) is 21.2 Å². The lowest BCUT2D eigenvalue weighted by Crippen LogP contribution is -2.33. The first kappa shape index (κ1) is 29.9. The van der Waals surface area contributed by atoms with Gasteiger partial charge in [0.1, 0.15) is 17.5 Å². The largest absolute Gasteiger partial charge is 0.508 e. The lowest BCUT2D eigenvalue weighted by atomic mass is 9.83. The van der Waals surface area contributed by atoms with E-state index < -0.39 is 40.8 Å². The van der Waals surface area contributed by atoms with Gasteiger partial charge in [-0.3, -0.25) is 23.7 Å². The average Bonchev–Trinajstić information content (AvgIpc) is 3.45. The van der Waals surface area contributed by atoms with E-state index in [1.54, 1.807) is 19.1 Å². The molecule has 3 aromatic carbocycles. The standard InChI is InChI=1S/C31H24BrN3O7S2/c1-2-42-30(40)17-5-11-20(12-6-17)35-27(38)24-23(16-3-7-18(32)8-4-16)26-29(43-25(24)28(35)39)34(31(41)44-26)15-22(37)33-19-9-13-21(36)14-10-19/h3-14,23-25,36H,2,15H2,1H3,(H,33,37)/t23-,24?,25?/m1/s1. The van der Waals surface area contributed by atoms with Gasteiger partial charge in [0.25, 0.3) is 0 Å². The van der Waals surface area contributed by atoms with Crippen molar-refractivity contribution in [2.24, 2.45) is 5.92 Å². The predicted molar refractivity (Wildman–Crippen MR) is 169 cm³/mol. The molecule has 1 aromatic heterocycles. The summed E-state index contributed by atoms with van der Waals surface area (Å²) in [5.74, 6) is -3.18. The Balaban J connectivity index is 1.36. The molecule has 0 radical (unpaired) electrons. The van der Waals surface area contributed by atoms with Gasteiger partial charge in [0.15, 0.2) is 0 Å². The van der Waals surface area contributed by atoms with E-state index >= 15 is 0 Å². The minimum absolute atomic E-state index is 0.0517. The van der Waals surface area contributed by atoms with Crippen LogP contribution in [0.1, 0.15) is 33.6 Å². The zero-order valence-electron chi connectivity index (χ0n) is 23.1. The highest BCUT2D eigenvalue weighted by Crippen LogP contribution is 2.54. The number of amides is 3. The van der Waals surface area contributed by atoms with E-state index in [0.717, 1.165) is 38.0 Å². The number of nitrogens with zero attached hydrogens (tertiary/aromatic N) is 2. The Morgan fingerprint density at radius 2 is 1.64 bits per heavy atom. The van der Waals surface area contributed by atoms with Crippen LogP contribution in [0.25, 0.3) is 0 Å². The summed E-state index contributed by atoms with van der Waals surface area (Å²) in [5.41, 5.74) is 1.83. The van der Waals surface area contributed by atoms with Gasteiger partial charge >= 0.3 is 10.8 Å². The molecule has 6 rings (SSSR count). The molecule has 0 aliphatic carbocycles. The molecule has 13 heteroatoms. The molecule has 4 aromatic rings. The van der Waals surface area contributed by atoms with Crippen LogP contribution in [0.15, 0.2) is 87.1 Å². The SMILES string of the molecule is CCOC(=O)c1ccc(N2C(=O)C3Sc4c(sc(=O)n4CC(=O)Nc4ccc(O)cc4)[C@H](c4ccc(Br)cc4)C3C2=O)cc1. The zero-order chi connectivity index (χ0) is 31.1. The summed E-state index contributed by atoms with van der Waals surface area (Å²) in [6.45, 7) is 1.62. The van der Waals surface area contributed by atoms with Gasteiger partial charge in [-0.25, -0.2) is 9.69 Å². The average molecular weight is 695 g/mol. The van der Waals surface area contributed by atoms with Crippen LogP contribution in [0.2, 0.25) is 0 Å². The molecule has 0 saturated carbocycles. The Bertz CT molecular complexity index is 1840. The first-order chi connectivity index (χ1) is 21.2. The number of phenolic OH excluding ortho intramolecular Hbond substituents is 1. The number of anilines is 2. The summed E-state index contributed by atoms with van der Waals surface area (Å²) in [6.07, 6.45) is 0. The molecule has 1 saturated heterocycles. The van der Waals surface area contributed by atoms with Gasteiger partial charge in [0.2, 0.25) is 17.7 Å². The minimum Gasteiger partial charge on any atom is -0.508 e. The zero-order valence-corrected chi connectivity index (χ0v) is 26.3. The third-order valence-corrected chi connectivity index (χ3v) is 10.5. The normalized spacial score (nSPS) is 19.0. The molecule has 3 amide bonds. The number of thiazole rings is 1. The number of hydrogen-bond donors (Lipinski definition) is 2. The number of fused-ring (bicyclic) bond motifs is 2. The van der Waals surface area contributed by atoms with Crippen molar-refractivity contribution in [3.8, 4) is 5.75 Å². The molecule has 2 aliphatic rings. The van der Waals surface area contributed by atoms with Crippen LogP contribution < -0.4 is 15.1 Å². The highest BCUT2D eigenvalue weighted by molar-refractivity contribution is 9.10. The van der Waals surface area contributed by atoms with Gasteiger partial charge in [0.05, 0.1) is 28.8 Å². The molecule has 2 unspecified atom stereocenters. The molecule has 1 fully saturated rings. The molecule has 10 nitrogen and oxygen atoms in total. The highest BCUT2D eigenvalue weighted by Gasteiger charge is 2.56. The number of nitrogens with one attached hydrogen (secondary N) is 1. The van der Waals surface area contributed by atoms with Crippen molar-refractivity contribution in [2.45, 2.75) is 29.7 Å². The van der Waals surface area contributed by atoms with Crippen molar-refractivity contribution in [1.29, 1.82) is 0 Å². The maximum atomic E-state index is 14.1. The summed E-state index contributed by atoms with van der Waals surface area (Å²) in [7, 11) is 0. The number of carbonyl (C=O) groups excluding carboxylic acids is 4. The van der Waals surface area contributed by atoms with Crippen LogP contribution in [-0.4, -0.2) is 45.2 Å². The van der Waals surface area contributed by atoms with Crippen molar-refractivity contribution >= 4 is 74.1 Å². The number of ether oxygens (including phenoxy) is 1. The number of aromatic nitrogens is 1. The smallest absolute Gasteiger partial charge is 0.338 e. The molecule has 0 spiro atoms. The molecular formula is C31H24BrN3O7S2. The van der Waals surface area contributed by atoms with Crippen LogP contribution in [-0.2, 0) is 25.7 Å². The highest BCUT2D eigenvalue weighted by atomic mass is 79.9. The number of esters is 1. The number of benzene rings is 3. The van der Waals surface area contributed by atoms with E-state index in [1.807, 2.05) is 24.3 Å². The lowest BCUT2D eigenvalue weighted by molar-refractivity contribution is -0.122. The Labute approximate surface area is 267 Å². The number of imide groups is 1. The van der Waals surface area contributed by atoms with Crippen molar-refractivity contribution in [3.05, 3.63) is 103 Å². The third kappa shape index (κ3) is 5.46. The first-order valence-electron chi connectivity index (χ1n) is 13.6. The van der Waals surface area contributed by atoms with Gasteiger partial charge in [-0.1, -0.05) is 51.2 Å². The summed E-state index contributed by atoms with van der Waals surface area (Å²) < 4.78 is 7.21. The number of aromatic hydroxyl groups is 1. The fourth-order valence-corrected chi connectivity index (χ4v) is 8.43. The number of rotatable bonds is 7. The van der Waals surface area contributed by atoms with Gasteiger partial charge in [-0.15, -0.1) is 0 Å². The van der Waals surface area contributed by atoms with Crippen molar-refractivity contribution < 1.29 is 29.0 Å². The van der Waals surface area contributed by atoms with Gasteiger partial charge < -0.3 is 15.2 Å². The minimum atomic E-state index is -0.853. The molecular weight excluding hydrogens is 670 g/mol. The van der Waals surface area contributed by atoms with E-state index in [1.165, 1.54) is 41.0 Å². The molecule has 3 atom stereocenters. The second-order valence-electron chi connectivity index (χ2n) is 10.1. The van der Waals surface area contributed by atoms with Crippen LogP contribution >= 0.6 is 39.0 Å². The van der Waals surface area contributed by atoms with Gasteiger partial charge in [-0.05, 0) is 73.2 Å². The maximum Gasteiger partial charge on any atom is 0.338 e. The van der Waals surface area contributed by atoms with Crippen LogP contribution in [0.4, 0.5) is 11.4 Å². The molecule has 44 heavy (non-hydrogen) atoms. The summed E-state index contributed by atoms with van der Waals surface area (Å²) in [6, 6.07) is 19.4. The van der Waals surface area contributed by atoms with Crippen LogP contribution in [0, 0.1) is 5.92 Å². The molecule has 2 aliphatic heterocycles. The van der Waals surface area contributed by atoms with E-state index in [0.29, 0.717) is 26.8 Å².